The Morgan fingerprint density at radius 3 is 2.62 bits per heavy atom. The van der Waals surface area contributed by atoms with E-state index in [0.29, 0.717) is 6.61 Å². The van der Waals surface area contributed by atoms with Crippen molar-refractivity contribution in [1.82, 2.24) is 5.32 Å². The average molecular weight is 306 g/mol. The van der Waals surface area contributed by atoms with Crippen LogP contribution >= 0.6 is 11.6 Å². The highest BCUT2D eigenvalue weighted by Gasteiger charge is 2.06. The minimum absolute atomic E-state index is 0.460. The van der Waals surface area contributed by atoms with Crippen LogP contribution in [0.5, 0.6) is 11.5 Å². The van der Waals surface area contributed by atoms with E-state index < -0.39 is 0 Å². The quantitative estimate of drug-likeness (QED) is 0.876. The number of methoxy groups -OCH3 is 1. The summed E-state index contributed by atoms with van der Waals surface area (Å²) in [4.78, 5) is 0. The number of benzene rings is 2. The normalized spacial score (nSPS) is 10.5. The SMILES string of the molecule is CNCc1ccc(OC)c(COc2ccc(Cl)c(C)c2)c1. The molecule has 0 heterocycles. The highest BCUT2D eigenvalue weighted by molar-refractivity contribution is 6.31. The molecule has 0 saturated carbocycles. The first-order chi connectivity index (χ1) is 10.1. The van der Waals surface area contributed by atoms with Gasteiger partial charge < -0.3 is 14.8 Å². The smallest absolute Gasteiger partial charge is 0.125 e. The van der Waals surface area contributed by atoms with Crippen LogP contribution in [0.3, 0.4) is 0 Å². The lowest BCUT2D eigenvalue weighted by Gasteiger charge is -2.13. The van der Waals surface area contributed by atoms with Crippen molar-refractivity contribution in [3.63, 3.8) is 0 Å². The molecule has 112 valence electrons. The van der Waals surface area contributed by atoms with Crippen LogP contribution in [0.1, 0.15) is 16.7 Å². The van der Waals surface area contributed by atoms with Crippen molar-refractivity contribution < 1.29 is 9.47 Å². The molecule has 1 N–H and O–H groups in total. The molecule has 0 spiro atoms. The Labute approximate surface area is 130 Å². The number of rotatable bonds is 6. The number of ether oxygens (including phenoxy) is 2. The van der Waals surface area contributed by atoms with Crippen LogP contribution in [0.4, 0.5) is 0 Å². The summed E-state index contributed by atoms with van der Waals surface area (Å²) in [6.45, 7) is 3.24. The zero-order valence-electron chi connectivity index (χ0n) is 12.6. The van der Waals surface area contributed by atoms with Crippen LogP contribution < -0.4 is 14.8 Å². The molecule has 0 aliphatic heterocycles. The second-order valence-corrected chi connectivity index (χ2v) is 5.28. The van der Waals surface area contributed by atoms with Crippen LogP contribution in [-0.2, 0) is 13.2 Å². The van der Waals surface area contributed by atoms with Gasteiger partial charge in [0.05, 0.1) is 7.11 Å². The average Bonchev–Trinajstić information content (AvgIpc) is 2.49. The Balaban J connectivity index is 2.13. The van der Waals surface area contributed by atoms with Crippen molar-refractivity contribution in [1.29, 1.82) is 0 Å². The van der Waals surface area contributed by atoms with Gasteiger partial charge in [-0.2, -0.15) is 0 Å². The van der Waals surface area contributed by atoms with Gasteiger partial charge in [-0.15, -0.1) is 0 Å². The summed E-state index contributed by atoms with van der Waals surface area (Å²) in [6.07, 6.45) is 0. The van der Waals surface area contributed by atoms with Crippen molar-refractivity contribution >= 4 is 11.6 Å². The fourth-order valence-corrected chi connectivity index (χ4v) is 2.24. The molecule has 3 nitrogen and oxygen atoms in total. The molecule has 0 unspecified atom stereocenters. The molecule has 21 heavy (non-hydrogen) atoms. The van der Waals surface area contributed by atoms with Crippen LogP contribution in [-0.4, -0.2) is 14.2 Å². The molecule has 2 aromatic rings. The maximum Gasteiger partial charge on any atom is 0.125 e. The Kier molecular flexibility index (Phi) is 5.48. The maximum absolute atomic E-state index is 6.02. The van der Waals surface area contributed by atoms with Gasteiger partial charge in [0, 0.05) is 17.1 Å². The number of hydrogen-bond donors (Lipinski definition) is 1. The van der Waals surface area contributed by atoms with E-state index in [4.69, 9.17) is 21.1 Å². The van der Waals surface area contributed by atoms with E-state index in [9.17, 15) is 0 Å². The minimum Gasteiger partial charge on any atom is -0.496 e. The van der Waals surface area contributed by atoms with Gasteiger partial charge in [0.25, 0.3) is 0 Å². The second-order valence-electron chi connectivity index (χ2n) is 4.88. The summed E-state index contributed by atoms with van der Waals surface area (Å²) in [6, 6.07) is 11.8. The summed E-state index contributed by atoms with van der Waals surface area (Å²) < 4.78 is 11.2. The first-order valence-electron chi connectivity index (χ1n) is 6.83. The van der Waals surface area contributed by atoms with Gasteiger partial charge in [0.15, 0.2) is 0 Å². The predicted octanol–water partition coefficient (Wildman–Crippen LogP) is 3.96. The molecule has 2 rings (SSSR count). The molecular weight excluding hydrogens is 286 g/mol. The molecule has 0 aromatic heterocycles. The zero-order valence-corrected chi connectivity index (χ0v) is 13.3. The summed E-state index contributed by atoms with van der Waals surface area (Å²) in [5, 5.41) is 3.89. The molecule has 0 aliphatic carbocycles. The molecule has 0 fully saturated rings. The lowest BCUT2D eigenvalue weighted by atomic mass is 10.1. The fraction of sp³-hybridized carbons (Fsp3) is 0.294. The first-order valence-corrected chi connectivity index (χ1v) is 7.21. The van der Waals surface area contributed by atoms with E-state index >= 15 is 0 Å². The number of halogens is 1. The summed E-state index contributed by atoms with van der Waals surface area (Å²) in [7, 11) is 3.60. The fourth-order valence-electron chi connectivity index (χ4n) is 2.13. The molecule has 4 heteroatoms. The van der Waals surface area contributed by atoms with Gasteiger partial charge in [-0.1, -0.05) is 17.7 Å². The van der Waals surface area contributed by atoms with E-state index in [1.807, 2.05) is 44.3 Å². The maximum atomic E-state index is 6.02. The minimum atomic E-state index is 0.460. The van der Waals surface area contributed by atoms with E-state index in [2.05, 4.69) is 11.4 Å². The van der Waals surface area contributed by atoms with Crippen LogP contribution in [0, 0.1) is 6.92 Å². The molecule has 2 aromatic carbocycles. The Morgan fingerprint density at radius 1 is 1.14 bits per heavy atom. The van der Waals surface area contributed by atoms with Gasteiger partial charge in [0.2, 0.25) is 0 Å². The van der Waals surface area contributed by atoms with Crippen LogP contribution in [0.25, 0.3) is 0 Å². The number of hydrogen-bond acceptors (Lipinski definition) is 3. The van der Waals surface area contributed by atoms with E-state index in [1.54, 1.807) is 7.11 Å². The van der Waals surface area contributed by atoms with Crippen molar-refractivity contribution in [3.05, 3.63) is 58.1 Å². The number of nitrogens with one attached hydrogen (secondary N) is 1. The van der Waals surface area contributed by atoms with Gasteiger partial charge in [0.1, 0.15) is 18.1 Å². The lowest BCUT2D eigenvalue weighted by molar-refractivity contribution is 0.296. The zero-order chi connectivity index (χ0) is 15.2. The van der Waals surface area contributed by atoms with E-state index in [1.165, 1.54) is 5.56 Å². The van der Waals surface area contributed by atoms with Gasteiger partial charge in [-0.25, -0.2) is 0 Å². The third kappa shape index (κ3) is 4.13. The molecule has 0 radical (unpaired) electrons. The highest BCUT2D eigenvalue weighted by Crippen LogP contribution is 2.25. The van der Waals surface area contributed by atoms with Gasteiger partial charge in [-0.05, 0) is 55.4 Å². The summed E-state index contributed by atoms with van der Waals surface area (Å²) >= 11 is 6.02. The van der Waals surface area contributed by atoms with E-state index in [-0.39, 0.29) is 0 Å². The van der Waals surface area contributed by atoms with Gasteiger partial charge in [-0.3, -0.25) is 0 Å². The first kappa shape index (κ1) is 15.7. The highest BCUT2D eigenvalue weighted by atomic mass is 35.5. The third-order valence-corrected chi connectivity index (χ3v) is 3.67. The second kappa shape index (κ2) is 7.34. The van der Waals surface area contributed by atoms with Crippen molar-refractivity contribution in [2.24, 2.45) is 0 Å². The van der Waals surface area contributed by atoms with Crippen molar-refractivity contribution in [2.75, 3.05) is 14.2 Å². The summed E-state index contributed by atoms with van der Waals surface area (Å²) in [5.74, 6) is 1.64. The van der Waals surface area contributed by atoms with Crippen LogP contribution in [0.15, 0.2) is 36.4 Å². The topological polar surface area (TPSA) is 30.5 Å². The summed E-state index contributed by atoms with van der Waals surface area (Å²) in [5.41, 5.74) is 3.23. The molecule has 0 amide bonds. The van der Waals surface area contributed by atoms with Crippen LogP contribution in [0.2, 0.25) is 5.02 Å². The predicted molar refractivity (Wildman–Crippen MR) is 86.3 cm³/mol. The Hall–Kier alpha value is -1.71. The Bertz CT molecular complexity index is 614. The lowest BCUT2D eigenvalue weighted by Crippen LogP contribution is -2.06. The molecule has 0 saturated heterocycles. The van der Waals surface area contributed by atoms with Crippen molar-refractivity contribution in [3.8, 4) is 11.5 Å². The number of aryl methyl sites for hydroxylation is 1. The molecule has 0 aliphatic rings. The van der Waals surface area contributed by atoms with Gasteiger partial charge >= 0.3 is 0 Å². The molecule has 0 bridgehead atoms. The van der Waals surface area contributed by atoms with Crippen molar-refractivity contribution in [2.45, 2.75) is 20.1 Å². The Morgan fingerprint density at radius 2 is 1.95 bits per heavy atom. The molecular formula is C17H20ClNO2. The van der Waals surface area contributed by atoms with E-state index in [0.717, 1.165) is 34.2 Å². The largest absolute Gasteiger partial charge is 0.496 e. The standard InChI is InChI=1S/C17H20ClNO2/c1-12-8-15(5-6-16(12)18)21-11-14-9-13(10-19-2)4-7-17(14)20-3/h4-9,19H,10-11H2,1-3H3. The molecule has 0 atom stereocenters. The third-order valence-electron chi connectivity index (χ3n) is 3.25. The monoisotopic (exact) mass is 305 g/mol.